The summed E-state index contributed by atoms with van der Waals surface area (Å²) in [5, 5.41) is 2.50. The van der Waals surface area contributed by atoms with Crippen LogP contribution in [0.15, 0.2) is 48.7 Å². The van der Waals surface area contributed by atoms with Crippen molar-refractivity contribution < 1.29 is 22.4 Å². The SMILES string of the molecule is O=C(NCC(F)(F)F)c1ccc(-c2c[nH]c3ccc(F)cc23)cc1. The normalized spacial score (nSPS) is 11.7. The fraction of sp³-hybridized carbons (Fsp3) is 0.118. The summed E-state index contributed by atoms with van der Waals surface area (Å²) in [7, 11) is 0. The van der Waals surface area contributed by atoms with Gasteiger partial charge in [-0.1, -0.05) is 12.1 Å². The van der Waals surface area contributed by atoms with Gasteiger partial charge >= 0.3 is 6.18 Å². The van der Waals surface area contributed by atoms with Crippen molar-refractivity contribution in [2.45, 2.75) is 6.18 Å². The molecule has 0 atom stereocenters. The smallest absolute Gasteiger partial charge is 0.361 e. The van der Waals surface area contributed by atoms with Crippen molar-refractivity contribution in [3.05, 3.63) is 60.0 Å². The van der Waals surface area contributed by atoms with Crippen LogP contribution in [-0.2, 0) is 0 Å². The van der Waals surface area contributed by atoms with Crippen molar-refractivity contribution in [2.24, 2.45) is 0 Å². The molecule has 2 N–H and O–H groups in total. The van der Waals surface area contributed by atoms with Crippen molar-refractivity contribution in [1.82, 2.24) is 10.3 Å². The van der Waals surface area contributed by atoms with Gasteiger partial charge in [0.05, 0.1) is 0 Å². The highest BCUT2D eigenvalue weighted by atomic mass is 19.4. The molecular weight excluding hydrogens is 324 g/mol. The first-order chi connectivity index (χ1) is 11.3. The van der Waals surface area contributed by atoms with Crippen LogP contribution in [0.1, 0.15) is 10.4 Å². The molecule has 24 heavy (non-hydrogen) atoms. The summed E-state index contributed by atoms with van der Waals surface area (Å²) >= 11 is 0. The van der Waals surface area contributed by atoms with E-state index < -0.39 is 18.6 Å². The standard InChI is InChI=1S/C17H12F4N2O/c18-12-5-6-15-13(7-12)14(8-22-15)10-1-3-11(4-2-10)16(24)23-9-17(19,20)21/h1-8,22H,9H2,(H,23,24). The van der Waals surface area contributed by atoms with Gasteiger partial charge in [-0.05, 0) is 35.9 Å². The Bertz CT molecular complexity index is 882. The molecule has 0 aliphatic carbocycles. The molecule has 2 aromatic carbocycles. The Kier molecular flexibility index (Phi) is 4.01. The fourth-order valence-electron chi connectivity index (χ4n) is 2.42. The lowest BCUT2D eigenvalue weighted by Gasteiger charge is -2.08. The average molecular weight is 336 g/mol. The Balaban J connectivity index is 1.83. The third kappa shape index (κ3) is 3.40. The molecule has 0 saturated carbocycles. The minimum atomic E-state index is -4.45. The summed E-state index contributed by atoms with van der Waals surface area (Å²) in [6, 6.07) is 10.4. The highest BCUT2D eigenvalue weighted by Crippen LogP contribution is 2.29. The molecule has 0 fully saturated rings. The average Bonchev–Trinajstić information content (AvgIpc) is 2.95. The number of fused-ring (bicyclic) bond motifs is 1. The molecule has 0 saturated heterocycles. The van der Waals surface area contributed by atoms with Crippen LogP contribution in [0.4, 0.5) is 17.6 Å². The number of nitrogens with one attached hydrogen (secondary N) is 2. The van der Waals surface area contributed by atoms with E-state index in [4.69, 9.17) is 0 Å². The van der Waals surface area contributed by atoms with Gasteiger partial charge in [0.1, 0.15) is 12.4 Å². The van der Waals surface area contributed by atoms with E-state index in [1.165, 1.54) is 24.3 Å². The van der Waals surface area contributed by atoms with Gasteiger partial charge < -0.3 is 10.3 Å². The van der Waals surface area contributed by atoms with Gasteiger partial charge in [0.25, 0.3) is 5.91 Å². The zero-order valence-electron chi connectivity index (χ0n) is 12.2. The number of H-pyrrole nitrogens is 1. The maximum absolute atomic E-state index is 13.4. The molecule has 7 heteroatoms. The molecule has 1 aromatic heterocycles. The number of halogens is 4. The Labute approximate surface area is 134 Å². The van der Waals surface area contributed by atoms with Gasteiger partial charge in [0.2, 0.25) is 0 Å². The third-order valence-corrected chi connectivity index (χ3v) is 3.55. The highest BCUT2D eigenvalue weighted by Gasteiger charge is 2.27. The van der Waals surface area contributed by atoms with E-state index in [-0.39, 0.29) is 11.4 Å². The van der Waals surface area contributed by atoms with Crippen molar-refractivity contribution in [1.29, 1.82) is 0 Å². The number of amides is 1. The van der Waals surface area contributed by atoms with Crippen LogP contribution in [-0.4, -0.2) is 23.6 Å². The number of benzene rings is 2. The quantitative estimate of drug-likeness (QED) is 0.690. The van der Waals surface area contributed by atoms with Gasteiger partial charge in [-0.2, -0.15) is 13.2 Å². The molecule has 1 amide bonds. The number of alkyl halides is 3. The monoisotopic (exact) mass is 336 g/mol. The van der Waals surface area contributed by atoms with Crippen molar-refractivity contribution in [3.8, 4) is 11.1 Å². The van der Waals surface area contributed by atoms with E-state index >= 15 is 0 Å². The summed E-state index contributed by atoms with van der Waals surface area (Å²) in [4.78, 5) is 14.7. The summed E-state index contributed by atoms with van der Waals surface area (Å²) in [6.45, 7) is -1.38. The van der Waals surface area contributed by atoms with E-state index in [2.05, 4.69) is 4.98 Å². The Morgan fingerprint density at radius 1 is 1.08 bits per heavy atom. The molecule has 0 bridgehead atoms. The zero-order chi connectivity index (χ0) is 17.3. The molecular formula is C17H12F4N2O. The predicted molar refractivity (Wildman–Crippen MR) is 82.1 cm³/mol. The minimum absolute atomic E-state index is 0.119. The van der Waals surface area contributed by atoms with Gasteiger partial charge in [0.15, 0.2) is 0 Å². The van der Waals surface area contributed by atoms with E-state index in [1.807, 2.05) is 5.32 Å². The van der Waals surface area contributed by atoms with Gasteiger partial charge in [0, 0.05) is 28.2 Å². The molecule has 3 rings (SSSR count). The molecule has 3 aromatic rings. The topological polar surface area (TPSA) is 44.9 Å². The molecule has 1 heterocycles. The van der Waals surface area contributed by atoms with Crippen LogP contribution in [0.2, 0.25) is 0 Å². The summed E-state index contributed by atoms with van der Waals surface area (Å²) in [5.41, 5.74) is 2.35. The lowest BCUT2D eigenvalue weighted by molar-refractivity contribution is -0.123. The molecule has 3 nitrogen and oxygen atoms in total. The van der Waals surface area contributed by atoms with Crippen LogP contribution in [0.3, 0.4) is 0 Å². The highest BCUT2D eigenvalue weighted by molar-refractivity contribution is 5.97. The maximum atomic E-state index is 13.4. The largest absolute Gasteiger partial charge is 0.405 e. The van der Waals surface area contributed by atoms with Crippen molar-refractivity contribution in [2.75, 3.05) is 6.54 Å². The molecule has 0 aliphatic heterocycles. The number of hydrogen-bond acceptors (Lipinski definition) is 1. The first-order valence-corrected chi connectivity index (χ1v) is 7.05. The van der Waals surface area contributed by atoms with Crippen molar-refractivity contribution in [3.63, 3.8) is 0 Å². The molecule has 0 unspecified atom stereocenters. The third-order valence-electron chi connectivity index (χ3n) is 3.55. The second-order valence-corrected chi connectivity index (χ2v) is 5.27. The summed E-state index contributed by atoms with van der Waals surface area (Å²) in [5.74, 6) is -1.17. The molecule has 0 radical (unpaired) electrons. The lowest BCUT2D eigenvalue weighted by Crippen LogP contribution is -2.33. The van der Waals surface area contributed by atoms with Crippen LogP contribution in [0, 0.1) is 5.82 Å². The fourth-order valence-corrected chi connectivity index (χ4v) is 2.42. The first kappa shape index (κ1) is 16.0. The number of carbonyl (C=O) groups excluding carboxylic acids is 1. The molecule has 0 aliphatic rings. The van der Waals surface area contributed by atoms with Gasteiger partial charge in [-0.25, -0.2) is 4.39 Å². The zero-order valence-corrected chi connectivity index (χ0v) is 12.2. The second kappa shape index (κ2) is 5.99. The maximum Gasteiger partial charge on any atom is 0.405 e. The van der Waals surface area contributed by atoms with Crippen LogP contribution in [0.25, 0.3) is 22.0 Å². The molecule has 124 valence electrons. The van der Waals surface area contributed by atoms with Crippen LogP contribution < -0.4 is 5.32 Å². The number of aromatic amines is 1. The second-order valence-electron chi connectivity index (χ2n) is 5.27. The Hall–Kier alpha value is -2.83. The summed E-state index contributed by atoms with van der Waals surface area (Å²) < 4.78 is 49.7. The number of carbonyl (C=O) groups is 1. The van der Waals surface area contributed by atoms with Gasteiger partial charge in [-0.3, -0.25) is 4.79 Å². The number of rotatable bonds is 3. The molecule has 0 spiro atoms. The van der Waals surface area contributed by atoms with E-state index in [0.29, 0.717) is 5.39 Å². The Morgan fingerprint density at radius 2 is 1.79 bits per heavy atom. The number of hydrogen-bond donors (Lipinski definition) is 2. The Morgan fingerprint density at radius 3 is 2.46 bits per heavy atom. The predicted octanol–water partition coefficient (Wildman–Crippen LogP) is 4.27. The summed E-state index contributed by atoms with van der Waals surface area (Å²) in [6.07, 6.45) is -2.74. The number of aromatic nitrogens is 1. The minimum Gasteiger partial charge on any atom is -0.361 e. The van der Waals surface area contributed by atoms with Gasteiger partial charge in [-0.15, -0.1) is 0 Å². The lowest BCUT2D eigenvalue weighted by atomic mass is 10.0. The van der Waals surface area contributed by atoms with E-state index in [9.17, 15) is 22.4 Å². The van der Waals surface area contributed by atoms with Crippen LogP contribution in [0.5, 0.6) is 0 Å². The van der Waals surface area contributed by atoms with Crippen molar-refractivity contribution >= 4 is 16.8 Å². The van der Waals surface area contributed by atoms with E-state index in [1.54, 1.807) is 24.4 Å². The first-order valence-electron chi connectivity index (χ1n) is 7.05. The van der Waals surface area contributed by atoms with Crippen LogP contribution >= 0.6 is 0 Å². The van der Waals surface area contributed by atoms with E-state index in [0.717, 1.165) is 16.6 Å².